The summed E-state index contributed by atoms with van der Waals surface area (Å²) >= 11 is 0. The molecule has 1 N–H and O–H groups in total. The Morgan fingerprint density at radius 3 is 2.55 bits per heavy atom. The Bertz CT molecular complexity index is 1220. The normalized spacial score (nSPS) is 15.2. The van der Waals surface area contributed by atoms with E-state index >= 15 is 0 Å². The predicted octanol–water partition coefficient (Wildman–Crippen LogP) is 4.43. The highest BCUT2D eigenvalue weighted by Crippen LogP contribution is 2.45. The quantitative estimate of drug-likeness (QED) is 0.504. The van der Waals surface area contributed by atoms with Gasteiger partial charge in [-0.05, 0) is 29.8 Å². The number of carbonyl (C=O) groups is 1. The van der Waals surface area contributed by atoms with Gasteiger partial charge in [-0.25, -0.2) is 0 Å². The minimum absolute atomic E-state index is 0.124. The average molecular weight is 415 g/mol. The zero-order valence-corrected chi connectivity index (χ0v) is 17.2. The molecular weight excluding hydrogens is 394 g/mol. The van der Waals surface area contributed by atoms with Crippen LogP contribution in [0.2, 0.25) is 0 Å². The number of nitrogens with zero attached hydrogens (tertiary/aromatic N) is 2. The fourth-order valence-corrected chi connectivity index (χ4v) is 4.12. The highest BCUT2D eigenvalue weighted by Gasteiger charge is 2.42. The fourth-order valence-electron chi connectivity index (χ4n) is 4.12. The Hall–Kier alpha value is -4.00. The van der Waals surface area contributed by atoms with E-state index in [1.165, 1.54) is 0 Å². The lowest BCUT2D eigenvalue weighted by Crippen LogP contribution is -2.29. The van der Waals surface area contributed by atoms with Gasteiger partial charge in [-0.2, -0.15) is 5.10 Å². The third-order valence-electron chi connectivity index (χ3n) is 5.54. The second-order valence-electron chi connectivity index (χ2n) is 7.26. The molecule has 7 heteroatoms. The van der Waals surface area contributed by atoms with Gasteiger partial charge >= 0.3 is 0 Å². The Morgan fingerprint density at radius 1 is 1.03 bits per heavy atom. The molecule has 1 atom stereocenters. The smallest absolute Gasteiger partial charge is 0.273 e. The molecule has 0 spiro atoms. The monoisotopic (exact) mass is 415 g/mol. The molecule has 1 amide bonds. The van der Waals surface area contributed by atoms with Crippen molar-refractivity contribution in [2.24, 2.45) is 0 Å². The Kier molecular flexibility index (Phi) is 4.71. The largest absolute Gasteiger partial charge is 0.493 e. The number of benzene rings is 2. The van der Waals surface area contributed by atoms with Crippen LogP contribution in [0, 0.1) is 0 Å². The van der Waals surface area contributed by atoms with E-state index in [-0.39, 0.29) is 11.9 Å². The van der Waals surface area contributed by atoms with E-state index < -0.39 is 0 Å². The van der Waals surface area contributed by atoms with E-state index in [1.807, 2.05) is 60.7 Å². The SMILES string of the molecule is COc1ccc(C2c3c(-c4ccccc4)n[nH]c3C(=O)N2Cc2ccco2)cc1OC. The van der Waals surface area contributed by atoms with Crippen molar-refractivity contribution in [1.29, 1.82) is 0 Å². The first-order chi connectivity index (χ1) is 15.2. The summed E-state index contributed by atoms with van der Waals surface area (Å²) in [4.78, 5) is 15.2. The minimum Gasteiger partial charge on any atom is -0.493 e. The molecule has 31 heavy (non-hydrogen) atoms. The summed E-state index contributed by atoms with van der Waals surface area (Å²) in [5, 5.41) is 7.46. The number of furan rings is 1. The summed E-state index contributed by atoms with van der Waals surface area (Å²) in [5.74, 6) is 1.81. The topological polar surface area (TPSA) is 80.6 Å². The Morgan fingerprint density at radius 2 is 1.84 bits per heavy atom. The molecule has 0 saturated carbocycles. The van der Waals surface area contributed by atoms with E-state index in [9.17, 15) is 4.79 Å². The number of rotatable bonds is 6. The number of carbonyl (C=O) groups excluding carboxylic acids is 1. The first-order valence-electron chi connectivity index (χ1n) is 9.90. The van der Waals surface area contributed by atoms with Gasteiger partial charge < -0.3 is 18.8 Å². The van der Waals surface area contributed by atoms with Crippen LogP contribution in [-0.2, 0) is 6.54 Å². The molecule has 1 unspecified atom stereocenters. The lowest BCUT2D eigenvalue weighted by atomic mass is 9.95. The third kappa shape index (κ3) is 3.15. The van der Waals surface area contributed by atoms with Crippen LogP contribution in [0.3, 0.4) is 0 Å². The number of fused-ring (bicyclic) bond motifs is 1. The first-order valence-corrected chi connectivity index (χ1v) is 9.90. The highest BCUT2D eigenvalue weighted by atomic mass is 16.5. The molecule has 1 aliphatic heterocycles. The predicted molar refractivity (Wildman–Crippen MR) is 114 cm³/mol. The molecule has 0 bridgehead atoms. The number of methoxy groups -OCH3 is 2. The molecule has 5 rings (SSSR count). The molecule has 0 aliphatic carbocycles. The van der Waals surface area contributed by atoms with Gasteiger partial charge in [0, 0.05) is 11.1 Å². The number of aromatic nitrogens is 2. The number of amides is 1. The summed E-state index contributed by atoms with van der Waals surface area (Å²) in [5.41, 5.74) is 3.93. The molecule has 0 saturated heterocycles. The van der Waals surface area contributed by atoms with Gasteiger partial charge in [0.05, 0.1) is 38.8 Å². The highest BCUT2D eigenvalue weighted by molar-refractivity contribution is 6.00. The van der Waals surface area contributed by atoms with Gasteiger partial charge in [0.2, 0.25) is 0 Å². The van der Waals surface area contributed by atoms with Crippen molar-refractivity contribution in [2.45, 2.75) is 12.6 Å². The number of H-pyrrole nitrogens is 1. The molecule has 0 radical (unpaired) electrons. The molecule has 3 heterocycles. The minimum atomic E-state index is -0.360. The summed E-state index contributed by atoms with van der Waals surface area (Å²) in [6.45, 7) is 0.335. The van der Waals surface area contributed by atoms with Crippen molar-refractivity contribution >= 4 is 5.91 Å². The van der Waals surface area contributed by atoms with E-state index in [2.05, 4.69) is 10.2 Å². The number of ether oxygens (including phenoxy) is 2. The second kappa shape index (κ2) is 7.68. The van der Waals surface area contributed by atoms with E-state index in [0.29, 0.717) is 29.5 Å². The Labute approximate surface area is 179 Å². The maximum atomic E-state index is 13.4. The fraction of sp³-hybridized carbons (Fsp3) is 0.167. The van der Waals surface area contributed by atoms with Crippen LogP contribution in [0.5, 0.6) is 11.5 Å². The van der Waals surface area contributed by atoms with Crippen molar-refractivity contribution in [3.8, 4) is 22.8 Å². The number of hydrogen-bond donors (Lipinski definition) is 1. The number of hydrogen-bond acceptors (Lipinski definition) is 5. The summed E-state index contributed by atoms with van der Waals surface area (Å²) in [6, 6.07) is 18.9. The zero-order chi connectivity index (χ0) is 21.4. The first kappa shape index (κ1) is 19.0. The van der Waals surface area contributed by atoms with Gasteiger partial charge in [-0.1, -0.05) is 36.4 Å². The van der Waals surface area contributed by atoms with Crippen molar-refractivity contribution in [3.63, 3.8) is 0 Å². The molecule has 156 valence electrons. The lowest BCUT2D eigenvalue weighted by molar-refractivity contribution is 0.0717. The molecule has 2 aromatic carbocycles. The molecule has 1 aliphatic rings. The van der Waals surface area contributed by atoms with Crippen LogP contribution >= 0.6 is 0 Å². The number of nitrogens with one attached hydrogen (secondary N) is 1. The average Bonchev–Trinajstić information content (AvgIpc) is 3.53. The summed E-state index contributed by atoms with van der Waals surface area (Å²) in [6.07, 6.45) is 1.61. The van der Waals surface area contributed by atoms with Crippen LogP contribution in [0.4, 0.5) is 0 Å². The van der Waals surface area contributed by atoms with E-state index in [4.69, 9.17) is 13.9 Å². The maximum absolute atomic E-state index is 13.4. The third-order valence-corrected chi connectivity index (χ3v) is 5.54. The van der Waals surface area contributed by atoms with Crippen molar-refractivity contribution in [2.75, 3.05) is 14.2 Å². The molecular formula is C24H21N3O4. The van der Waals surface area contributed by atoms with Crippen molar-refractivity contribution in [1.82, 2.24) is 15.1 Å². The van der Waals surface area contributed by atoms with Crippen LogP contribution in [-0.4, -0.2) is 35.2 Å². The van der Waals surface area contributed by atoms with Crippen molar-refractivity contribution in [3.05, 3.63) is 89.5 Å². The van der Waals surface area contributed by atoms with Gasteiger partial charge in [0.1, 0.15) is 11.5 Å². The molecule has 0 fully saturated rings. The molecule has 2 aromatic heterocycles. The van der Waals surface area contributed by atoms with Gasteiger partial charge in [0.15, 0.2) is 11.5 Å². The van der Waals surface area contributed by atoms with E-state index in [1.54, 1.807) is 25.4 Å². The second-order valence-corrected chi connectivity index (χ2v) is 7.26. The van der Waals surface area contributed by atoms with Crippen LogP contribution in [0.15, 0.2) is 71.3 Å². The molecule has 7 nitrogen and oxygen atoms in total. The zero-order valence-electron chi connectivity index (χ0n) is 17.2. The van der Waals surface area contributed by atoms with Crippen LogP contribution in [0.1, 0.15) is 33.4 Å². The van der Waals surface area contributed by atoms with Gasteiger partial charge in [0.25, 0.3) is 5.91 Å². The van der Waals surface area contributed by atoms with E-state index in [0.717, 1.165) is 22.4 Å². The van der Waals surface area contributed by atoms with Crippen LogP contribution in [0.25, 0.3) is 11.3 Å². The van der Waals surface area contributed by atoms with Crippen LogP contribution < -0.4 is 9.47 Å². The Balaban J connectivity index is 1.67. The van der Waals surface area contributed by atoms with Gasteiger partial charge in [-0.15, -0.1) is 0 Å². The molecule has 4 aromatic rings. The standard InChI is InChI=1S/C24H21N3O4/c1-29-18-11-10-16(13-19(18)30-2)23-20-21(15-7-4-3-5-8-15)25-26-22(20)24(28)27(23)14-17-9-6-12-31-17/h3-13,23H,14H2,1-2H3,(H,25,26). The number of aromatic amines is 1. The van der Waals surface area contributed by atoms with Crippen molar-refractivity contribution < 1.29 is 18.7 Å². The summed E-state index contributed by atoms with van der Waals surface area (Å²) in [7, 11) is 3.20. The lowest BCUT2D eigenvalue weighted by Gasteiger charge is -2.26. The summed E-state index contributed by atoms with van der Waals surface area (Å²) < 4.78 is 16.4. The van der Waals surface area contributed by atoms with Gasteiger partial charge in [-0.3, -0.25) is 9.89 Å². The maximum Gasteiger partial charge on any atom is 0.273 e.